The summed E-state index contributed by atoms with van der Waals surface area (Å²) in [5, 5.41) is 9.74. The van der Waals surface area contributed by atoms with E-state index < -0.39 is 6.10 Å². The fourth-order valence-electron chi connectivity index (χ4n) is 2.73. The van der Waals surface area contributed by atoms with Crippen LogP contribution in [0.2, 0.25) is 0 Å². The lowest BCUT2D eigenvalue weighted by atomic mass is 9.99. The van der Waals surface area contributed by atoms with Crippen molar-refractivity contribution in [2.45, 2.75) is 96.0 Å². The molecule has 0 saturated heterocycles. The Bertz CT molecular complexity index is 213. The molecule has 0 aliphatic heterocycles. The van der Waals surface area contributed by atoms with Crippen LogP contribution in [0, 0.1) is 0 Å². The van der Waals surface area contributed by atoms with E-state index >= 15 is 0 Å². The molecule has 0 bridgehead atoms. The van der Waals surface area contributed by atoms with Crippen LogP contribution in [0.3, 0.4) is 0 Å². The van der Waals surface area contributed by atoms with Crippen LogP contribution >= 0.6 is 0 Å². The number of carbonyl (C=O) groups is 1. The summed E-state index contributed by atoms with van der Waals surface area (Å²) in [6, 6.07) is 0. The first kappa shape index (κ1) is 15.7. The molecule has 2 nitrogen and oxygen atoms in total. The van der Waals surface area contributed by atoms with Gasteiger partial charge in [0.15, 0.2) is 5.78 Å². The van der Waals surface area contributed by atoms with Crippen molar-refractivity contribution in [2.75, 3.05) is 0 Å². The van der Waals surface area contributed by atoms with E-state index in [9.17, 15) is 9.90 Å². The molecule has 0 aromatic carbocycles. The summed E-state index contributed by atoms with van der Waals surface area (Å²) >= 11 is 0. The third-order valence-corrected chi connectivity index (χ3v) is 4.02. The highest BCUT2D eigenvalue weighted by atomic mass is 16.3. The van der Waals surface area contributed by atoms with Gasteiger partial charge in [0.25, 0.3) is 0 Å². The summed E-state index contributed by atoms with van der Waals surface area (Å²) in [5.74, 6) is 0.0714. The minimum absolute atomic E-state index is 0.0714. The zero-order valence-corrected chi connectivity index (χ0v) is 11.8. The number of aliphatic hydroxyl groups excluding tert-OH is 1. The van der Waals surface area contributed by atoms with Crippen molar-refractivity contribution < 1.29 is 9.90 Å². The molecule has 1 fully saturated rings. The van der Waals surface area contributed by atoms with Crippen LogP contribution in [0.1, 0.15) is 89.9 Å². The Morgan fingerprint density at radius 3 is 1.56 bits per heavy atom. The number of carbonyl (C=O) groups excluding carboxylic acids is 1. The number of rotatable bonds is 0. The molecule has 2 heteroatoms. The Labute approximate surface area is 112 Å². The van der Waals surface area contributed by atoms with Gasteiger partial charge in [0.1, 0.15) is 6.10 Å². The number of ketones is 1. The molecule has 1 N–H and O–H groups in total. The third kappa shape index (κ3) is 7.86. The molecule has 0 amide bonds. The van der Waals surface area contributed by atoms with E-state index in [1.807, 2.05) is 0 Å². The van der Waals surface area contributed by atoms with Crippen molar-refractivity contribution in [1.82, 2.24) is 0 Å². The smallest absolute Gasteiger partial charge is 0.161 e. The molecule has 0 heterocycles. The van der Waals surface area contributed by atoms with Crippen LogP contribution in [-0.4, -0.2) is 17.0 Å². The zero-order chi connectivity index (χ0) is 13.1. The Morgan fingerprint density at radius 1 is 0.667 bits per heavy atom. The molecule has 0 aromatic heterocycles. The Hall–Kier alpha value is -0.370. The van der Waals surface area contributed by atoms with E-state index in [4.69, 9.17) is 0 Å². The topological polar surface area (TPSA) is 37.3 Å². The molecule has 0 aromatic rings. The van der Waals surface area contributed by atoms with E-state index in [0.717, 1.165) is 19.3 Å². The molecule has 0 spiro atoms. The fraction of sp³-hybridized carbons (Fsp3) is 0.938. The van der Waals surface area contributed by atoms with Gasteiger partial charge in [-0.3, -0.25) is 4.79 Å². The van der Waals surface area contributed by atoms with Crippen molar-refractivity contribution in [3.05, 3.63) is 0 Å². The molecule has 1 aliphatic rings. The highest BCUT2D eigenvalue weighted by molar-refractivity contribution is 5.82. The van der Waals surface area contributed by atoms with Gasteiger partial charge in [0.2, 0.25) is 0 Å². The van der Waals surface area contributed by atoms with Crippen LogP contribution in [0.4, 0.5) is 0 Å². The molecule has 106 valence electrons. The van der Waals surface area contributed by atoms with E-state index in [0.29, 0.717) is 12.8 Å². The summed E-state index contributed by atoms with van der Waals surface area (Å²) < 4.78 is 0. The van der Waals surface area contributed by atoms with Gasteiger partial charge in [-0.1, -0.05) is 70.6 Å². The average molecular weight is 254 g/mol. The lowest BCUT2D eigenvalue weighted by molar-refractivity contribution is -0.127. The average Bonchev–Trinajstić information content (AvgIpc) is 2.37. The van der Waals surface area contributed by atoms with Crippen LogP contribution in [0.25, 0.3) is 0 Å². The van der Waals surface area contributed by atoms with Crippen molar-refractivity contribution >= 4 is 5.78 Å². The van der Waals surface area contributed by atoms with Gasteiger partial charge in [0, 0.05) is 6.42 Å². The molecule has 1 saturated carbocycles. The van der Waals surface area contributed by atoms with Crippen LogP contribution in [0.15, 0.2) is 0 Å². The number of hydrogen-bond donors (Lipinski definition) is 1. The summed E-state index contributed by atoms with van der Waals surface area (Å²) in [6.07, 6.45) is 15.5. The lowest BCUT2D eigenvalue weighted by Crippen LogP contribution is -2.19. The van der Waals surface area contributed by atoms with Gasteiger partial charge in [-0.25, -0.2) is 0 Å². The van der Waals surface area contributed by atoms with Crippen molar-refractivity contribution in [2.24, 2.45) is 0 Å². The quantitative estimate of drug-likeness (QED) is 0.696. The van der Waals surface area contributed by atoms with Gasteiger partial charge < -0.3 is 5.11 Å². The second-order valence-electron chi connectivity index (χ2n) is 5.76. The number of Topliss-reactive ketones (excluding diaryl/α,β-unsaturated/α-hetero) is 1. The van der Waals surface area contributed by atoms with E-state index in [1.54, 1.807) is 0 Å². The Morgan fingerprint density at radius 2 is 1.06 bits per heavy atom. The van der Waals surface area contributed by atoms with Crippen molar-refractivity contribution in [3.63, 3.8) is 0 Å². The first-order valence-electron chi connectivity index (χ1n) is 8.01. The van der Waals surface area contributed by atoms with Gasteiger partial charge in [-0.15, -0.1) is 0 Å². The zero-order valence-electron chi connectivity index (χ0n) is 11.8. The van der Waals surface area contributed by atoms with Gasteiger partial charge in [-0.2, -0.15) is 0 Å². The largest absolute Gasteiger partial charge is 0.385 e. The van der Waals surface area contributed by atoms with Crippen molar-refractivity contribution in [3.8, 4) is 0 Å². The van der Waals surface area contributed by atoms with E-state index in [-0.39, 0.29) is 5.78 Å². The number of hydrogen-bond acceptors (Lipinski definition) is 2. The van der Waals surface area contributed by atoms with E-state index in [2.05, 4.69) is 0 Å². The van der Waals surface area contributed by atoms with Crippen LogP contribution in [0.5, 0.6) is 0 Å². The molecule has 1 atom stereocenters. The van der Waals surface area contributed by atoms with Gasteiger partial charge >= 0.3 is 0 Å². The van der Waals surface area contributed by atoms with E-state index in [1.165, 1.54) is 57.8 Å². The maximum absolute atomic E-state index is 11.7. The molecular formula is C16H30O2. The lowest BCUT2D eigenvalue weighted by Gasteiger charge is -2.10. The summed E-state index contributed by atoms with van der Waals surface area (Å²) in [7, 11) is 0. The molecule has 1 rings (SSSR count). The summed E-state index contributed by atoms with van der Waals surface area (Å²) in [6.45, 7) is 0. The predicted molar refractivity (Wildman–Crippen MR) is 75.7 cm³/mol. The maximum atomic E-state index is 11.7. The summed E-state index contributed by atoms with van der Waals surface area (Å²) in [4.78, 5) is 11.7. The molecule has 0 radical (unpaired) electrons. The van der Waals surface area contributed by atoms with Crippen LogP contribution in [-0.2, 0) is 4.79 Å². The Balaban J connectivity index is 2.22. The maximum Gasteiger partial charge on any atom is 0.161 e. The molecule has 1 aliphatic carbocycles. The summed E-state index contributed by atoms with van der Waals surface area (Å²) in [5.41, 5.74) is 0. The fourth-order valence-corrected chi connectivity index (χ4v) is 2.73. The van der Waals surface area contributed by atoms with Gasteiger partial charge in [-0.05, 0) is 12.8 Å². The second kappa shape index (κ2) is 10.5. The molecule has 18 heavy (non-hydrogen) atoms. The second-order valence-corrected chi connectivity index (χ2v) is 5.76. The highest BCUT2D eigenvalue weighted by Gasteiger charge is 2.13. The SMILES string of the molecule is O=C1CCCCCCCCCCCCCC[C@@H]1O. The highest BCUT2D eigenvalue weighted by Crippen LogP contribution is 2.15. The minimum Gasteiger partial charge on any atom is -0.385 e. The van der Waals surface area contributed by atoms with Crippen molar-refractivity contribution in [1.29, 1.82) is 0 Å². The number of aliphatic hydroxyl groups is 1. The molecular weight excluding hydrogens is 224 g/mol. The first-order valence-corrected chi connectivity index (χ1v) is 8.01. The van der Waals surface area contributed by atoms with Gasteiger partial charge in [0.05, 0.1) is 0 Å². The first-order chi connectivity index (χ1) is 8.80. The predicted octanol–water partition coefficient (Wildman–Crippen LogP) is 4.39. The Kier molecular flexibility index (Phi) is 9.19. The monoisotopic (exact) mass is 254 g/mol. The van der Waals surface area contributed by atoms with Crippen LogP contribution < -0.4 is 0 Å². The standard InChI is InChI=1S/C16H30O2/c17-15-13-11-9-7-5-3-1-2-4-6-8-10-12-14-16(15)18/h15,17H,1-14H2/t15-/m0/s1. The molecule has 0 unspecified atom stereocenters. The normalized spacial score (nSPS) is 26.9. The minimum atomic E-state index is -0.682. The third-order valence-electron chi connectivity index (χ3n) is 4.02.